The van der Waals surface area contributed by atoms with Crippen LogP contribution in [0, 0.1) is 24.2 Å². The third-order valence-electron chi connectivity index (χ3n) is 5.29. The molecule has 1 aliphatic heterocycles. The Morgan fingerprint density at radius 1 is 1.24 bits per heavy atom. The number of carbonyl (C=O) groups excluding carboxylic acids is 3. The highest BCUT2D eigenvalue weighted by atomic mass is 79.9. The first-order valence-corrected chi connectivity index (χ1v) is 11.9. The maximum absolute atomic E-state index is 12.9. The Hall–Kier alpha value is -3.29. The van der Waals surface area contributed by atoms with Crippen molar-refractivity contribution in [3.8, 4) is 11.8 Å². The number of para-hydroxylation sites is 1. The van der Waals surface area contributed by atoms with E-state index in [0.717, 1.165) is 17.3 Å². The maximum atomic E-state index is 12.9. The van der Waals surface area contributed by atoms with Gasteiger partial charge in [-0.3, -0.25) is 14.4 Å². The molecular weight excluding hydrogens is 522 g/mol. The number of thioether (sulfide) groups is 1. The van der Waals surface area contributed by atoms with E-state index in [9.17, 15) is 19.6 Å². The topological polar surface area (TPSA) is 118 Å². The normalized spacial score (nSPS) is 17.4. The molecule has 0 aromatic heterocycles. The van der Waals surface area contributed by atoms with Crippen LogP contribution in [-0.4, -0.2) is 37.8 Å². The van der Waals surface area contributed by atoms with Crippen LogP contribution in [-0.2, 0) is 19.1 Å². The van der Waals surface area contributed by atoms with Gasteiger partial charge >= 0.3 is 5.97 Å². The second kappa shape index (κ2) is 11.2. The van der Waals surface area contributed by atoms with E-state index < -0.39 is 23.7 Å². The van der Waals surface area contributed by atoms with Gasteiger partial charge in [-0.05, 0) is 52.2 Å². The van der Waals surface area contributed by atoms with Crippen molar-refractivity contribution in [2.24, 2.45) is 5.92 Å². The van der Waals surface area contributed by atoms with Crippen molar-refractivity contribution in [2.45, 2.75) is 12.8 Å². The van der Waals surface area contributed by atoms with Crippen molar-refractivity contribution in [1.82, 2.24) is 5.32 Å². The summed E-state index contributed by atoms with van der Waals surface area (Å²) in [6.45, 7) is 1.88. The van der Waals surface area contributed by atoms with E-state index in [2.05, 4.69) is 32.6 Å². The number of amides is 2. The number of hydrogen-bond donors (Lipinski definition) is 2. The fraction of sp³-hybridized carbons (Fsp3) is 0.250. The summed E-state index contributed by atoms with van der Waals surface area (Å²) < 4.78 is 10.7. The molecule has 2 N–H and O–H groups in total. The lowest BCUT2D eigenvalue weighted by Crippen LogP contribution is -2.44. The lowest BCUT2D eigenvalue weighted by Gasteiger charge is -2.31. The molecule has 2 atom stereocenters. The lowest BCUT2D eigenvalue weighted by molar-refractivity contribution is -0.150. The van der Waals surface area contributed by atoms with E-state index in [0.29, 0.717) is 21.5 Å². The molecule has 2 aromatic carbocycles. The summed E-state index contributed by atoms with van der Waals surface area (Å²) in [6, 6.07) is 14.5. The van der Waals surface area contributed by atoms with Crippen LogP contribution in [0.3, 0.4) is 0 Å². The molecule has 0 spiro atoms. The Morgan fingerprint density at radius 2 is 1.97 bits per heavy atom. The Bertz CT molecular complexity index is 1210. The van der Waals surface area contributed by atoms with Crippen LogP contribution >= 0.6 is 27.7 Å². The molecule has 0 aliphatic carbocycles. The largest absolute Gasteiger partial charge is 0.496 e. The highest BCUT2D eigenvalue weighted by Gasteiger charge is 2.44. The quantitative estimate of drug-likeness (QED) is 0.402. The van der Waals surface area contributed by atoms with Crippen LogP contribution < -0.4 is 15.4 Å². The van der Waals surface area contributed by atoms with Gasteiger partial charge in [-0.1, -0.05) is 36.0 Å². The predicted octanol–water partition coefficient (Wildman–Crippen LogP) is 3.88. The molecule has 0 saturated carbocycles. The van der Waals surface area contributed by atoms with Crippen molar-refractivity contribution in [3.05, 3.63) is 68.7 Å². The van der Waals surface area contributed by atoms with Gasteiger partial charge in [0.2, 0.25) is 11.8 Å². The molecule has 0 radical (unpaired) electrons. The number of anilines is 1. The van der Waals surface area contributed by atoms with Crippen molar-refractivity contribution >= 4 is 51.2 Å². The van der Waals surface area contributed by atoms with Gasteiger partial charge in [-0.25, -0.2) is 0 Å². The number of hydrogen-bond acceptors (Lipinski definition) is 7. The SMILES string of the molecule is COC(=O)[C@H]1C(=O)NC(SCC(=O)Nc2ccccc2C)=C(C#N)[C@@H]1c1ccc(OC)c(Br)c1. The van der Waals surface area contributed by atoms with Crippen molar-refractivity contribution in [3.63, 3.8) is 0 Å². The first-order chi connectivity index (χ1) is 16.3. The first kappa shape index (κ1) is 25.3. The molecule has 2 amide bonds. The van der Waals surface area contributed by atoms with Crippen LogP contribution in [0.25, 0.3) is 0 Å². The summed E-state index contributed by atoms with van der Waals surface area (Å²) in [6.07, 6.45) is 0. The molecule has 34 heavy (non-hydrogen) atoms. The van der Waals surface area contributed by atoms with E-state index in [1.807, 2.05) is 25.1 Å². The molecule has 0 fully saturated rings. The second-order valence-electron chi connectivity index (χ2n) is 7.37. The Balaban J connectivity index is 1.94. The third kappa shape index (κ3) is 5.43. The predicted molar refractivity (Wildman–Crippen MR) is 132 cm³/mol. The number of benzene rings is 2. The molecule has 0 saturated heterocycles. The highest BCUT2D eigenvalue weighted by Crippen LogP contribution is 2.42. The maximum Gasteiger partial charge on any atom is 0.319 e. The molecular formula is C24H22BrN3O5S. The number of esters is 1. The zero-order valence-electron chi connectivity index (χ0n) is 18.7. The van der Waals surface area contributed by atoms with Crippen LogP contribution in [0.5, 0.6) is 5.75 Å². The van der Waals surface area contributed by atoms with E-state index in [-0.39, 0.29) is 22.3 Å². The van der Waals surface area contributed by atoms with Gasteiger partial charge in [0.25, 0.3) is 0 Å². The van der Waals surface area contributed by atoms with E-state index >= 15 is 0 Å². The Labute approximate surface area is 209 Å². The van der Waals surface area contributed by atoms with Crippen LogP contribution in [0.15, 0.2) is 57.5 Å². The minimum Gasteiger partial charge on any atom is -0.496 e. The summed E-state index contributed by atoms with van der Waals surface area (Å²) in [5, 5.41) is 15.7. The standard InChI is InChI=1S/C24H22BrN3O5S/c1-13-6-4-5-7-17(13)27-19(29)12-34-23-15(11-26)20(21(22(30)28-23)24(31)33-3)14-8-9-18(32-2)16(25)10-14/h4-10,20-21H,12H2,1-3H3,(H,27,29)(H,28,30)/t20-,21+/m0/s1. The number of ether oxygens (including phenoxy) is 2. The molecule has 0 bridgehead atoms. The minimum atomic E-state index is -1.26. The number of allylic oxidation sites excluding steroid dienone is 1. The number of rotatable bonds is 7. The van der Waals surface area contributed by atoms with E-state index in [1.54, 1.807) is 24.3 Å². The molecule has 1 heterocycles. The second-order valence-corrected chi connectivity index (χ2v) is 9.21. The minimum absolute atomic E-state index is 0.0446. The molecule has 2 aromatic rings. The van der Waals surface area contributed by atoms with Crippen molar-refractivity contribution < 1.29 is 23.9 Å². The van der Waals surface area contributed by atoms with Gasteiger partial charge < -0.3 is 20.1 Å². The number of aryl methyl sites for hydroxylation is 1. The Morgan fingerprint density at radius 3 is 2.59 bits per heavy atom. The van der Waals surface area contributed by atoms with E-state index in [1.165, 1.54) is 14.2 Å². The fourth-order valence-electron chi connectivity index (χ4n) is 3.59. The van der Waals surface area contributed by atoms with Crippen molar-refractivity contribution in [1.29, 1.82) is 5.26 Å². The number of carbonyl (C=O) groups is 3. The number of methoxy groups -OCH3 is 2. The first-order valence-electron chi connectivity index (χ1n) is 10.1. The number of halogens is 1. The summed E-state index contributed by atoms with van der Waals surface area (Å²) in [5.41, 5.74) is 2.31. The summed E-state index contributed by atoms with van der Waals surface area (Å²) in [5.74, 6) is -3.30. The average molecular weight is 544 g/mol. The molecule has 176 valence electrons. The molecule has 8 nitrogen and oxygen atoms in total. The molecule has 0 unspecified atom stereocenters. The van der Waals surface area contributed by atoms with Gasteiger partial charge in [-0.15, -0.1) is 0 Å². The third-order valence-corrected chi connectivity index (χ3v) is 6.92. The van der Waals surface area contributed by atoms with Gasteiger partial charge in [0.05, 0.1) is 41.1 Å². The van der Waals surface area contributed by atoms with E-state index in [4.69, 9.17) is 9.47 Å². The zero-order chi connectivity index (χ0) is 24.8. The smallest absolute Gasteiger partial charge is 0.319 e. The number of nitrogens with zero attached hydrogens (tertiary/aromatic N) is 1. The fourth-order valence-corrected chi connectivity index (χ4v) is 5.00. The Kier molecular flexibility index (Phi) is 8.36. The highest BCUT2D eigenvalue weighted by molar-refractivity contribution is 9.10. The molecule has 1 aliphatic rings. The zero-order valence-corrected chi connectivity index (χ0v) is 21.1. The number of nitriles is 1. The summed E-state index contributed by atoms with van der Waals surface area (Å²) in [4.78, 5) is 38.0. The monoisotopic (exact) mass is 543 g/mol. The summed E-state index contributed by atoms with van der Waals surface area (Å²) in [7, 11) is 2.70. The average Bonchev–Trinajstić information content (AvgIpc) is 2.83. The van der Waals surface area contributed by atoms with Crippen LogP contribution in [0.4, 0.5) is 5.69 Å². The van der Waals surface area contributed by atoms with Gasteiger partial charge in [0.1, 0.15) is 11.7 Å². The molecule has 10 heteroatoms. The van der Waals surface area contributed by atoms with Crippen molar-refractivity contribution in [2.75, 3.05) is 25.3 Å². The van der Waals surface area contributed by atoms with Crippen LogP contribution in [0.2, 0.25) is 0 Å². The lowest BCUT2D eigenvalue weighted by atomic mass is 9.78. The van der Waals surface area contributed by atoms with Crippen LogP contribution in [0.1, 0.15) is 17.0 Å². The van der Waals surface area contributed by atoms with Gasteiger partial charge in [0, 0.05) is 11.6 Å². The van der Waals surface area contributed by atoms with Gasteiger partial charge in [-0.2, -0.15) is 5.26 Å². The van der Waals surface area contributed by atoms with Gasteiger partial charge in [0.15, 0.2) is 0 Å². The summed E-state index contributed by atoms with van der Waals surface area (Å²) >= 11 is 4.43. The number of nitrogens with one attached hydrogen (secondary N) is 2. The molecule has 3 rings (SSSR count).